The van der Waals surface area contributed by atoms with Gasteiger partial charge in [-0.05, 0) is 50.2 Å². The molecule has 0 unspecified atom stereocenters. The van der Waals surface area contributed by atoms with Crippen LogP contribution in [-0.2, 0) is 11.8 Å². The summed E-state index contributed by atoms with van der Waals surface area (Å²) >= 11 is 0. The molecule has 3 rings (SSSR count). The monoisotopic (exact) mass is 355 g/mol. The Kier molecular flexibility index (Phi) is 4.75. The van der Waals surface area contributed by atoms with E-state index in [0.717, 1.165) is 17.3 Å². The van der Waals surface area contributed by atoms with Crippen molar-refractivity contribution in [2.45, 2.75) is 13.8 Å². The van der Waals surface area contributed by atoms with Crippen LogP contribution >= 0.6 is 0 Å². The lowest BCUT2D eigenvalue weighted by Crippen LogP contribution is -2.09. The first-order valence-electron chi connectivity index (χ1n) is 8.16. The number of hydrogen-bond donors (Lipinski definition) is 0. The number of esters is 2. The highest BCUT2D eigenvalue weighted by atomic mass is 19.1. The molecule has 6 heteroatoms. The highest BCUT2D eigenvalue weighted by molar-refractivity contribution is 6.06. The summed E-state index contributed by atoms with van der Waals surface area (Å²) in [6.45, 7) is 3.83. The molecule has 5 nitrogen and oxygen atoms in total. The smallest absolute Gasteiger partial charge is 0.343 e. The van der Waals surface area contributed by atoms with Gasteiger partial charge in [0.25, 0.3) is 0 Å². The molecule has 1 aromatic heterocycles. The minimum atomic E-state index is -0.672. The Bertz CT molecular complexity index is 1010. The van der Waals surface area contributed by atoms with E-state index in [4.69, 9.17) is 9.47 Å². The summed E-state index contributed by atoms with van der Waals surface area (Å²) in [4.78, 5) is 24.5. The van der Waals surface area contributed by atoms with E-state index in [9.17, 15) is 14.0 Å². The first-order chi connectivity index (χ1) is 12.4. The lowest BCUT2D eigenvalue weighted by Gasteiger charge is -2.06. The number of rotatable bonds is 4. The lowest BCUT2D eigenvalue weighted by molar-refractivity contribution is 0.0527. The number of aromatic nitrogens is 1. The molecule has 1 heterocycles. The van der Waals surface area contributed by atoms with Crippen molar-refractivity contribution in [1.29, 1.82) is 0 Å². The maximum atomic E-state index is 13.3. The molecule has 3 aromatic rings. The van der Waals surface area contributed by atoms with E-state index in [2.05, 4.69) is 0 Å². The quantitative estimate of drug-likeness (QED) is 0.524. The minimum absolute atomic E-state index is 0.111. The van der Waals surface area contributed by atoms with Crippen molar-refractivity contribution in [2.75, 3.05) is 6.61 Å². The Hall–Kier alpha value is -3.15. The summed E-state index contributed by atoms with van der Waals surface area (Å²) in [5, 5.41) is 0.632. The fraction of sp³-hybridized carbons (Fsp3) is 0.200. The van der Waals surface area contributed by atoms with Gasteiger partial charge in [-0.25, -0.2) is 14.0 Å². The van der Waals surface area contributed by atoms with E-state index in [0.29, 0.717) is 10.9 Å². The van der Waals surface area contributed by atoms with Gasteiger partial charge in [-0.3, -0.25) is 0 Å². The third-order valence-electron chi connectivity index (χ3n) is 4.21. The lowest BCUT2D eigenvalue weighted by atomic mass is 10.1. The van der Waals surface area contributed by atoms with Crippen molar-refractivity contribution < 1.29 is 23.5 Å². The van der Waals surface area contributed by atoms with Crippen LogP contribution in [0, 0.1) is 12.7 Å². The summed E-state index contributed by atoms with van der Waals surface area (Å²) in [6, 6.07) is 10.3. The molecule has 0 bridgehead atoms. The molecule has 0 N–H and O–H groups in total. The third-order valence-corrected chi connectivity index (χ3v) is 4.21. The maximum absolute atomic E-state index is 13.3. The van der Waals surface area contributed by atoms with Crippen LogP contribution in [0.25, 0.3) is 10.9 Å². The molecular formula is C20H18FNO4. The number of carbonyl (C=O) groups excluding carboxylic acids is 2. The van der Waals surface area contributed by atoms with Gasteiger partial charge in [-0.1, -0.05) is 6.07 Å². The van der Waals surface area contributed by atoms with Gasteiger partial charge >= 0.3 is 11.9 Å². The van der Waals surface area contributed by atoms with Crippen molar-refractivity contribution in [1.82, 2.24) is 4.57 Å². The van der Waals surface area contributed by atoms with Crippen molar-refractivity contribution in [3.05, 3.63) is 65.1 Å². The highest BCUT2D eigenvalue weighted by Crippen LogP contribution is 2.29. The number of halogens is 1. The molecule has 0 saturated heterocycles. The average Bonchev–Trinajstić information content (AvgIpc) is 2.85. The van der Waals surface area contributed by atoms with Gasteiger partial charge in [-0.15, -0.1) is 0 Å². The fourth-order valence-corrected chi connectivity index (χ4v) is 2.86. The van der Waals surface area contributed by atoms with Crippen LogP contribution in [-0.4, -0.2) is 23.1 Å². The third kappa shape index (κ3) is 3.18. The first-order valence-corrected chi connectivity index (χ1v) is 8.16. The van der Waals surface area contributed by atoms with E-state index < -0.39 is 17.8 Å². The molecule has 0 atom stereocenters. The number of nitrogens with zero attached hydrogens (tertiary/aromatic N) is 1. The van der Waals surface area contributed by atoms with Crippen LogP contribution in [0.15, 0.2) is 42.5 Å². The van der Waals surface area contributed by atoms with Gasteiger partial charge in [0, 0.05) is 23.6 Å². The molecule has 0 spiro atoms. The van der Waals surface area contributed by atoms with Crippen LogP contribution < -0.4 is 4.74 Å². The molecule has 0 aliphatic carbocycles. The Balaban J connectivity index is 1.99. The Morgan fingerprint density at radius 2 is 1.88 bits per heavy atom. The van der Waals surface area contributed by atoms with Crippen LogP contribution in [0.3, 0.4) is 0 Å². The van der Waals surface area contributed by atoms with Crippen LogP contribution in [0.1, 0.15) is 33.3 Å². The number of ether oxygens (including phenoxy) is 2. The summed E-state index contributed by atoms with van der Waals surface area (Å²) in [5.74, 6) is -1.35. The standard InChI is InChI=1S/C20H18FNO4/c1-4-25-20(24)18-12(2)22(3)17-9-8-15(11-16(17)18)26-19(23)13-6-5-7-14(21)10-13/h5-11H,4H2,1-3H3. The largest absolute Gasteiger partial charge is 0.462 e. The summed E-state index contributed by atoms with van der Waals surface area (Å²) < 4.78 is 25.6. The summed E-state index contributed by atoms with van der Waals surface area (Å²) in [6.07, 6.45) is 0. The van der Waals surface area contributed by atoms with E-state index in [1.165, 1.54) is 18.2 Å². The number of benzene rings is 2. The van der Waals surface area contributed by atoms with Crippen molar-refractivity contribution in [3.8, 4) is 5.75 Å². The van der Waals surface area contributed by atoms with Crippen LogP contribution in [0.5, 0.6) is 5.75 Å². The zero-order chi connectivity index (χ0) is 18.8. The summed E-state index contributed by atoms with van der Waals surface area (Å²) in [5.41, 5.74) is 2.12. The first kappa shape index (κ1) is 17.7. The second kappa shape index (κ2) is 7.00. The van der Waals surface area contributed by atoms with E-state index >= 15 is 0 Å². The second-order valence-electron chi connectivity index (χ2n) is 5.82. The predicted molar refractivity (Wildman–Crippen MR) is 95.0 cm³/mol. The highest BCUT2D eigenvalue weighted by Gasteiger charge is 2.20. The predicted octanol–water partition coefficient (Wildman–Crippen LogP) is 4.02. The molecule has 0 amide bonds. The molecule has 0 saturated carbocycles. The van der Waals surface area contributed by atoms with Crippen molar-refractivity contribution >= 4 is 22.8 Å². The molecule has 0 fully saturated rings. The van der Waals surface area contributed by atoms with E-state index in [-0.39, 0.29) is 17.9 Å². The number of fused-ring (bicyclic) bond motifs is 1. The van der Waals surface area contributed by atoms with Gasteiger partial charge in [0.1, 0.15) is 11.6 Å². The molecule has 0 radical (unpaired) electrons. The van der Waals surface area contributed by atoms with Crippen LogP contribution in [0.2, 0.25) is 0 Å². The van der Waals surface area contributed by atoms with Gasteiger partial charge in [-0.2, -0.15) is 0 Å². The van der Waals surface area contributed by atoms with E-state index in [1.54, 1.807) is 25.1 Å². The minimum Gasteiger partial charge on any atom is -0.462 e. The fourth-order valence-electron chi connectivity index (χ4n) is 2.86. The van der Waals surface area contributed by atoms with E-state index in [1.807, 2.05) is 18.5 Å². The Morgan fingerprint density at radius 3 is 2.58 bits per heavy atom. The molecule has 134 valence electrons. The van der Waals surface area contributed by atoms with Gasteiger partial charge in [0.05, 0.1) is 17.7 Å². The van der Waals surface area contributed by atoms with Crippen LogP contribution in [0.4, 0.5) is 4.39 Å². The number of hydrogen-bond acceptors (Lipinski definition) is 4. The zero-order valence-electron chi connectivity index (χ0n) is 14.7. The average molecular weight is 355 g/mol. The zero-order valence-corrected chi connectivity index (χ0v) is 14.7. The second-order valence-corrected chi connectivity index (χ2v) is 5.82. The van der Waals surface area contributed by atoms with Gasteiger partial charge in [0.2, 0.25) is 0 Å². The molecule has 0 aliphatic rings. The molecule has 26 heavy (non-hydrogen) atoms. The topological polar surface area (TPSA) is 57.5 Å². The van der Waals surface area contributed by atoms with Crippen molar-refractivity contribution in [2.24, 2.45) is 7.05 Å². The maximum Gasteiger partial charge on any atom is 0.343 e. The number of carbonyl (C=O) groups is 2. The SMILES string of the molecule is CCOC(=O)c1c(C)n(C)c2ccc(OC(=O)c3cccc(F)c3)cc12. The molecule has 0 aliphatic heterocycles. The van der Waals surface area contributed by atoms with Gasteiger partial charge in [0.15, 0.2) is 0 Å². The molecule has 2 aromatic carbocycles. The molecular weight excluding hydrogens is 337 g/mol. The van der Waals surface area contributed by atoms with Crippen molar-refractivity contribution in [3.63, 3.8) is 0 Å². The summed E-state index contributed by atoms with van der Waals surface area (Å²) in [7, 11) is 1.85. The Labute approximate surface area is 149 Å². The normalized spacial score (nSPS) is 10.8. The van der Waals surface area contributed by atoms with Gasteiger partial charge < -0.3 is 14.0 Å². The Morgan fingerprint density at radius 1 is 1.12 bits per heavy atom. The number of aryl methyl sites for hydroxylation is 1.